The maximum atomic E-state index is 14.6. The van der Waals surface area contributed by atoms with Crippen LogP contribution in [0.25, 0.3) is 33.3 Å². The van der Waals surface area contributed by atoms with Crippen LogP contribution in [-0.2, 0) is 57.5 Å². The molecule has 2 aromatic heterocycles. The van der Waals surface area contributed by atoms with E-state index in [0.29, 0.717) is 45.4 Å². The smallest absolute Gasteiger partial charge is 0.324 e. The molecular formula is C49H60N6O8. The van der Waals surface area contributed by atoms with Crippen molar-refractivity contribution in [2.24, 2.45) is 11.3 Å². The molecule has 4 aliphatic heterocycles. The van der Waals surface area contributed by atoms with E-state index in [2.05, 4.69) is 79.1 Å². The lowest BCUT2D eigenvalue weighted by Gasteiger charge is -2.40. The van der Waals surface area contributed by atoms with E-state index < -0.39 is 41.6 Å². The summed E-state index contributed by atoms with van der Waals surface area (Å²) in [5.74, 6) is -2.00. The standard InChI is InChI=1S/C49H60N6O8/c1-8-42(56)53-25-34(26-53)63-41-27-61-29(3)43(41)46(57)51-39-22-31-13-10-14-32(21-31)33-17-18-40-36(23-33)37(45(54(40)9-2)35-15-11-19-50-44(35)30(4)60-7)24-49(5,6)28-62-48(59)38-16-12-20-55(52-38)47(39)58/h8,10-11,13-15,17-19,21,23,29-30,34,38-39,41,43,52H,1,9,12,16,20,22,24-28H2,2-7H3,(H,51,57)/t29-,30+,38+,39+,41-,43-/m1/s1. The monoisotopic (exact) mass is 860 g/mol. The quantitative estimate of drug-likeness (QED) is 0.162. The van der Waals surface area contributed by atoms with Crippen molar-refractivity contribution in [1.82, 2.24) is 30.2 Å². The fourth-order valence-electron chi connectivity index (χ4n) is 9.60. The summed E-state index contributed by atoms with van der Waals surface area (Å²) in [5.41, 5.74) is 10.6. The second-order valence-electron chi connectivity index (χ2n) is 18.2. The number of carbonyl (C=O) groups excluding carboxylic acids is 4. The number of ether oxygens (including phenoxy) is 4. The van der Waals surface area contributed by atoms with E-state index in [1.165, 1.54) is 11.1 Å². The number of nitrogens with zero attached hydrogens (tertiary/aromatic N) is 4. The molecule has 3 amide bonds. The summed E-state index contributed by atoms with van der Waals surface area (Å²) >= 11 is 0. The Morgan fingerprint density at radius 1 is 1.11 bits per heavy atom. The Kier molecular flexibility index (Phi) is 12.9. The number of amides is 3. The molecule has 2 aromatic carbocycles. The molecule has 0 spiro atoms. The number of esters is 1. The molecule has 334 valence electrons. The molecule has 0 radical (unpaired) electrons. The number of benzene rings is 2. The summed E-state index contributed by atoms with van der Waals surface area (Å²) in [4.78, 5) is 61.3. The highest BCUT2D eigenvalue weighted by atomic mass is 16.6. The minimum atomic E-state index is -0.982. The van der Waals surface area contributed by atoms with Crippen LogP contribution in [0.3, 0.4) is 0 Å². The average molecular weight is 861 g/mol. The van der Waals surface area contributed by atoms with Gasteiger partial charge in [0.05, 0.1) is 54.9 Å². The number of hydrogen-bond acceptors (Lipinski definition) is 10. The fraction of sp³-hybridized carbons (Fsp3) is 0.490. The number of aromatic nitrogens is 2. The van der Waals surface area contributed by atoms with Gasteiger partial charge in [-0.2, -0.15) is 0 Å². The number of nitrogens with one attached hydrogen (secondary N) is 2. The molecule has 4 aromatic rings. The van der Waals surface area contributed by atoms with Crippen molar-refractivity contribution < 1.29 is 38.1 Å². The van der Waals surface area contributed by atoms with Crippen molar-refractivity contribution in [3.05, 3.63) is 90.3 Å². The maximum absolute atomic E-state index is 14.6. The Morgan fingerprint density at radius 2 is 1.90 bits per heavy atom. The molecule has 6 atom stereocenters. The number of fused-ring (bicyclic) bond motifs is 6. The van der Waals surface area contributed by atoms with Crippen LogP contribution in [0.5, 0.6) is 0 Å². The van der Waals surface area contributed by atoms with Crippen LogP contribution >= 0.6 is 0 Å². The second-order valence-corrected chi connectivity index (χ2v) is 18.2. The van der Waals surface area contributed by atoms with Crippen molar-refractivity contribution in [2.45, 2.75) is 103 Å². The molecule has 0 saturated carbocycles. The van der Waals surface area contributed by atoms with Gasteiger partial charge in [0.15, 0.2) is 0 Å². The van der Waals surface area contributed by atoms with Crippen molar-refractivity contribution in [2.75, 3.05) is 40.0 Å². The van der Waals surface area contributed by atoms with E-state index in [9.17, 15) is 19.2 Å². The normalized spacial score (nSPS) is 24.6. The van der Waals surface area contributed by atoms with Crippen LogP contribution < -0.4 is 10.7 Å². The number of hydrogen-bond donors (Lipinski definition) is 2. The highest BCUT2D eigenvalue weighted by molar-refractivity contribution is 5.95. The number of likely N-dealkylation sites (tertiary alicyclic amines) is 1. The number of rotatable bonds is 9. The molecule has 4 aliphatic rings. The first kappa shape index (κ1) is 44.2. The van der Waals surface area contributed by atoms with Gasteiger partial charge in [-0.1, -0.05) is 50.8 Å². The summed E-state index contributed by atoms with van der Waals surface area (Å²) in [7, 11) is 1.69. The summed E-state index contributed by atoms with van der Waals surface area (Å²) in [5, 5.41) is 5.65. The number of cyclic esters (lactones) is 1. The molecule has 6 heterocycles. The van der Waals surface area contributed by atoms with Crippen molar-refractivity contribution in [3.63, 3.8) is 0 Å². The van der Waals surface area contributed by atoms with Gasteiger partial charge >= 0.3 is 5.97 Å². The first-order chi connectivity index (χ1) is 30.3. The minimum absolute atomic E-state index is 0.152. The fourth-order valence-corrected chi connectivity index (χ4v) is 9.60. The van der Waals surface area contributed by atoms with Crippen molar-refractivity contribution >= 4 is 34.6 Å². The van der Waals surface area contributed by atoms with Gasteiger partial charge in [-0.15, -0.1) is 0 Å². The van der Waals surface area contributed by atoms with Crippen LogP contribution in [0.1, 0.15) is 70.4 Å². The summed E-state index contributed by atoms with van der Waals surface area (Å²) < 4.78 is 26.5. The summed E-state index contributed by atoms with van der Waals surface area (Å²) in [6.45, 7) is 16.0. The molecule has 6 bridgehead atoms. The maximum Gasteiger partial charge on any atom is 0.324 e. The Morgan fingerprint density at radius 3 is 2.67 bits per heavy atom. The first-order valence-electron chi connectivity index (χ1n) is 22.2. The van der Waals surface area contributed by atoms with E-state index in [1.54, 1.807) is 18.2 Å². The van der Waals surface area contributed by atoms with Gasteiger partial charge in [0.2, 0.25) is 11.8 Å². The van der Waals surface area contributed by atoms with Crippen LogP contribution in [0.2, 0.25) is 0 Å². The number of carbonyl (C=O) groups is 4. The van der Waals surface area contributed by atoms with Crippen LogP contribution in [0.4, 0.5) is 0 Å². The van der Waals surface area contributed by atoms with E-state index in [4.69, 9.17) is 23.9 Å². The minimum Gasteiger partial charge on any atom is -0.464 e. The lowest BCUT2D eigenvalue weighted by atomic mass is 9.84. The zero-order valence-corrected chi connectivity index (χ0v) is 37.2. The van der Waals surface area contributed by atoms with Crippen molar-refractivity contribution in [1.29, 1.82) is 0 Å². The predicted molar refractivity (Wildman–Crippen MR) is 238 cm³/mol. The molecule has 0 aliphatic carbocycles. The zero-order valence-electron chi connectivity index (χ0n) is 37.2. The third-order valence-electron chi connectivity index (χ3n) is 13.1. The van der Waals surface area contributed by atoms with Gasteiger partial charge in [-0.3, -0.25) is 29.2 Å². The Bertz CT molecular complexity index is 2390. The third-order valence-corrected chi connectivity index (χ3v) is 13.1. The molecule has 14 heteroatoms. The highest BCUT2D eigenvalue weighted by Gasteiger charge is 2.45. The molecule has 3 fully saturated rings. The van der Waals surface area contributed by atoms with Gasteiger partial charge in [-0.25, -0.2) is 5.43 Å². The number of pyridine rings is 1. The molecule has 14 nitrogen and oxygen atoms in total. The largest absolute Gasteiger partial charge is 0.464 e. The number of aryl methyl sites for hydroxylation is 1. The lowest BCUT2D eigenvalue weighted by Crippen LogP contribution is -2.61. The molecule has 0 unspecified atom stereocenters. The lowest BCUT2D eigenvalue weighted by molar-refractivity contribution is -0.156. The van der Waals surface area contributed by atoms with E-state index >= 15 is 0 Å². The molecule has 3 saturated heterocycles. The topological polar surface area (TPSA) is 154 Å². The molecular weight excluding hydrogens is 801 g/mol. The Balaban J connectivity index is 1.17. The molecule has 2 N–H and O–H groups in total. The van der Waals surface area contributed by atoms with Gasteiger partial charge in [0, 0.05) is 67.8 Å². The first-order valence-corrected chi connectivity index (χ1v) is 22.2. The van der Waals surface area contributed by atoms with Gasteiger partial charge in [0.25, 0.3) is 5.91 Å². The van der Waals surface area contributed by atoms with Crippen molar-refractivity contribution in [3.8, 4) is 22.4 Å². The number of methoxy groups -OCH3 is 1. The number of hydrazine groups is 1. The van der Waals surface area contributed by atoms with E-state index in [-0.39, 0.29) is 49.6 Å². The van der Waals surface area contributed by atoms with Gasteiger partial charge in [0.1, 0.15) is 12.1 Å². The SMILES string of the molecule is C=CC(=O)N1CC(O[C@@H]2CO[C@H](C)[C@H]2C(=O)N[C@H]2Cc3cccc(c3)-c3ccc4c(c3)c(c(-c3cccnc3[C@H](C)OC)n4CC)CC(C)(C)COC(=O)[C@@H]3CCCN(N3)C2=O)C1. The predicted octanol–water partition coefficient (Wildman–Crippen LogP) is 5.56. The summed E-state index contributed by atoms with van der Waals surface area (Å²) in [6, 6.07) is 17.0. The van der Waals surface area contributed by atoms with Gasteiger partial charge < -0.3 is 33.7 Å². The average Bonchev–Trinajstić information content (AvgIpc) is 3.80. The third kappa shape index (κ3) is 9.04. The summed E-state index contributed by atoms with van der Waals surface area (Å²) in [6.07, 6.45) is 3.43. The zero-order chi connectivity index (χ0) is 44.6. The van der Waals surface area contributed by atoms with Crippen LogP contribution in [-0.4, -0.2) is 114 Å². The molecule has 8 rings (SSSR count). The Labute approximate surface area is 369 Å². The van der Waals surface area contributed by atoms with Crippen LogP contribution in [0.15, 0.2) is 73.4 Å². The van der Waals surface area contributed by atoms with E-state index in [1.807, 2.05) is 32.0 Å². The molecule has 63 heavy (non-hydrogen) atoms. The van der Waals surface area contributed by atoms with Crippen LogP contribution in [0, 0.1) is 11.3 Å². The van der Waals surface area contributed by atoms with E-state index in [0.717, 1.165) is 50.1 Å². The Hall–Kier alpha value is -5.41. The van der Waals surface area contributed by atoms with Gasteiger partial charge in [-0.05, 0) is 92.6 Å². The second kappa shape index (κ2) is 18.4. The highest BCUT2D eigenvalue weighted by Crippen LogP contribution is 2.42.